The largest absolute Gasteiger partial charge is 0.497 e. The van der Waals surface area contributed by atoms with Gasteiger partial charge in [0.1, 0.15) is 5.75 Å². The van der Waals surface area contributed by atoms with Gasteiger partial charge in [-0.1, -0.05) is 31.2 Å². The summed E-state index contributed by atoms with van der Waals surface area (Å²) in [6, 6.07) is 8.07. The molecule has 0 unspecified atom stereocenters. The average molecular weight is 288 g/mol. The molecule has 0 fully saturated rings. The normalized spacial score (nSPS) is 11.0. The van der Waals surface area contributed by atoms with Crippen LogP contribution in [0.25, 0.3) is 0 Å². The van der Waals surface area contributed by atoms with Crippen molar-refractivity contribution in [2.24, 2.45) is 0 Å². The number of nitrogens with zero attached hydrogens (tertiary/aromatic N) is 4. The van der Waals surface area contributed by atoms with E-state index in [4.69, 9.17) is 4.74 Å². The summed E-state index contributed by atoms with van der Waals surface area (Å²) in [4.78, 5) is 2.38. The van der Waals surface area contributed by atoms with Crippen LogP contribution in [-0.4, -0.2) is 46.6 Å². The summed E-state index contributed by atoms with van der Waals surface area (Å²) in [5.74, 6) is 0.877. The van der Waals surface area contributed by atoms with Crippen LogP contribution in [0.4, 0.5) is 0 Å². The molecule has 0 atom stereocenters. The summed E-state index contributed by atoms with van der Waals surface area (Å²) in [7, 11) is 1.68. The van der Waals surface area contributed by atoms with Gasteiger partial charge in [0.25, 0.3) is 0 Å². The Labute approximate surface area is 126 Å². The molecule has 0 saturated heterocycles. The Bertz CT molecular complexity index is 531. The predicted molar refractivity (Wildman–Crippen MR) is 83.6 cm³/mol. The molecular formula is C16H24N4O. The molecular weight excluding hydrogens is 264 g/mol. The average Bonchev–Trinajstić information content (AvgIpc) is 2.96. The fourth-order valence-corrected chi connectivity index (χ4v) is 2.27. The zero-order valence-corrected chi connectivity index (χ0v) is 13.1. The lowest BCUT2D eigenvalue weighted by Gasteiger charge is -2.17. The molecule has 0 bridgehead atoms. The van der Waals surface area contributed by atoms with Crippen molar-refractivity contribution in [3.05, 3.63) is 41.7 Å². The quantitative estimate of drug-likeness (QED) is 0.747. The SMILES string of the molecule is CCN(CC)CCn1cc(Cc2ccc(OC)cc2)nn1. The fraction of sp³-hybridized carbons (Fsp3) is 0.500. The molecule has 1 heterocycles. The molecule has 1 aromatic heterocycles. The fourth-order valence-electron chi connectivity index (χ4n) is 2.27. The summed E-state index contributed by atoms with van der Waals surface area (Å²) < 4.78 is 7.09. The van der Waals surface area contributed by atoms with Crippen molar-refractivity contribution in [2.75, 3.05) is 26.7 Å². The molecule has 0 amide bonds. The number of benzene rings is 1. The smallest absolute Gasteiger partial charge is 0.118 e. The van der Waals surface area contributed by atoms with Gasteiger partial charge in [-0.15, -0.1) is 5.10 Å². The number of rotatable bonds is 8. The van der Waals surface area contributed by atoms with Crippen LogP contribution in [0.3, 0.4) is 0 Å². The van der Waals surface area contributed by atoms with Crippen molar-refractivity contribution >= 4 is 0 Å². The maximum atomic E-state index is 5.16. The van der Waals surface area contributed by atoms with Crippen LogP contribution < -0.4 is 4.74 Å². The Hall–Kier alpha value is -1.88. The van der Waals surface area contributed by atoms with Gasteiger partial charge in [0, 0.05) is 19.2 Å². The molecule has 114 valence electrons. The molecule has 0 aliphatic heterocycles. The third kappa shape index (κ3) is 4.56. The molecule has 2 aromatic rings. The van der Waals surface area contributed by atoms with Gasteiger partial charge in [0.2, 0.25) is 0 Å². The Kier molecular flexibility index (Phi) is 5.75. The van der Waals surface area contributed by atoms with E-state index in [1.165, 1.54) is 5.56 Å². The van der Waals surface area contributed by atoms with Crippen LogP contribution >= 0.6 is 0 Å². The van der Waals surface area contributed by atoms with E-state index in [9.17, 15) is 0 Å². The van der Waals surface area contributed by atoms with Crippen molar-refractivity contribution in [3.8, 4) is 5.75 Å². The van der Waals surface area contributed by atoms with Crippen LogP contribution in [0.2, 0.25) is 0 Å². The summed E-state index contributed by atoms with van der Waals surface area (Å²) in [6.07, 6.45) is 2.84. The summed E-state index contributed by atoms with van der Waals surface area (Å²) in [5.41, 5.74) is 2.21. The molecule has 5 heteroatoms. The molecule has 0 spiro atoms. The minimum atomic E-state index is 0.801. The van der Waals surface area contributed by atoms with Gasteiger partial charge < -0.3 is 9.64 Å². The number of hydrogen-bond donors (Lipinski definition) is 0. The van der Waals surface area contributed by atoms with Crippen LogP contribution in [0, 0.1) is 0 Å². The Morgan fingerprint density at radius 2 is 1.86 bits per heavy atom. The summed E-state index contributed by atoms with van der Waals surface area (Å²) in [5, 5.41) is 8.45. The Morgan fingerprint density at radius 1 is 1.14 bits per heavy atom. The van der Waals surface area contributed by atoms with Crippen molar-refractivity contribution in [3.63, 3.8) is 0 Å². The van der Waals surface area contributed by atoms with Gasteiger partial charge in [-0.05, 0) is 30.8 Å². The second kappa shape index (κ2) is 7.78. The topological polar surface area (TPSA) is 43.2 Å². The first-order valence-corrected chi connectivity index (χ1v) is 7.49. The van der Waals surface area contributed by atoms with E-state index < -0.39 is 0 Å². The number of ether oxygens (including phenoxy) is 1. The Balaban J connectivity index is 1.90. The van der Waals surface area contributed by atoms with Gasteiger partial charge >= 0.3 is 0 Å². The van der Waals surface area contributed by atoms with E-state index in [1.54, 1.807) is 7.11 Å². The zero-order valence-electron chi connectivity index (χ0n) is 13.1. The van der Waals surface area contributed by atoms with Gasteiger partial charge in [-0.25, -0.2) is 0 Å². The minimum absolute atomic E-state index is 0.801. The molecule has 0 N–H and O–H groups in total. The maximum Gasteiger partial charge on any atom is 0.118 e. The van der Waals surface area contributed by atoms with Gasteiger partial charge in [0.05, 0.1) is 19.3 Å². The highest BCUT2D eigenvalue weighted by atomic mass is 16.5. The number of methoxy groups -OCH3 is 1. The van der Waals surface area contributed by atoms with Crippen LogP contribution in [0.15, 0.2) is 30.5 Å². The highest BCUT2D eigenvalue weighted by Gasteiger charge is 2.04. The van der Waals surface area contributed by atoms with E-state index in [1.807, 2.05) is 23.0 Å². The van der Waals surface area contributed by atoms with Crippen molar-refractivity contribution < 1.29 is 4.74 Å². The first kappa shape index (κ1) is 15.5. The molecule has 0 saturated carbocycles. The van der Waals surface area contributed by atoms with Gasteiger partial charge in [-0.3, -0.25) is 4.68 Å². The summed E-state index contributed by atoms with van der Waals surface area (Å²) in [6.45, 7) is 8.41. The van der Waals surface area contributed by atoms with Crippen LogP contribution in [0.5, 0.6) is 5.75 Å². The third-order valence-corrected chi connectivity index (χ3v) is 3.67. The lowest BCUT2D eigenvalue weighted by atomic mass is 10.1. The van der Waals surface area contributed by atoms with E-state index in [-0.39, 0.29) is 0 Å². The summed E-state index contributed by atoms with van der Waals surface area (Å²) >= 11 is 0. The first-order valence-electron chi connectivity index (χ1n) is 7.49. The standard InChI is InChI=1S/C16H24N4O/c1-4-19(5-2)10-11-20-13-15(17-18-20)12-14-6-8-16(21-3)9-7-14/h6-9,13H,4-5,10-12H2,1-3H3. The molecule has 0 aliphatic carbocycles. The van der Waals surface area contributed by atoms with E-state index in [0.29, 0.717) is 0 Å². The van der Waals surface area contributed by atoms with E-state index in [2.05, 4.69) is 41.2 Å². The third-order valence-electron chi connectivity index (χ3n) is 3.67. The van der Waals surface area contributed by atoms with Crippen molar-refractivity contribution in [1.29, 1.82) is 0 Å². The number of aromatic nitrogens is 3. The monoisotopic (exact) mass is 288 g/mol. The number of likely N-dealkylation sites (N-methyl/N-ethyl adjacent to an activating group) is 1. The van der Waals surface area contributed by atoms with Gasteiger partial charge in [0.15, 0.2) is 0 Å². The maximum absolute atomic E-state index is 5.16. The van der Waals surface area contributed by atoms with Gasteiger partial charge in [-0.2, -0.15) is 0 Å². The second-order valence-electron chi connectivity index (χ2n) is 5.02. The highest BCUT2D eigenvalue weighted by molar-refractivity contribution is 5.29. The molecule has 0 radical (unpaired) electrons. The molecule has 0 aliphatic rings. The molecule has 1 aromatic carbocycles. The predicted octanol–water partition coefficient (Wildman–Crippen LogP) is 2.22. The highest BCUT2D eigenvalue weighted by Crippen LogP contribution is 2.13. The Morgan fingerprint density at radius 3 is 2.48 bits per heavy atom. The second-order valence-corrected chi connectivity index (χ2v) is 5.02. The lowest BCUT2D eigenvalue weighted by molar-refractivity contribution is 0.284. The zero-order chi connectivity index (χ0) is 15.1. The van der Waals surface area contributed by atoms with Crippen molar-refractivity contribution in [1.82, 2.24) is 19.9 Å². The first-order chi connectivity index (χ1) is 10.2. The van der Waals surface area contributed by atoms with Crippen molar-refractivity contribution in [2.45, 2.75) is 26.8 Å². The lowest BCUT2D eigenvalue weighted by Crippen LogP contribution is -2.27. The van der Waals surface area contributed by atoms with E-state index >= 15 is 0 Å². The van der Waals surface area contributed by atoms with Crippen LogP contribution in [0.1, 0.15) is 25.1 Å². The molecule has 2 rings (SSSR count). The molecule has 5 nitrogen and oxygen atoms in total. The minimum Gasteiger partial charge on any atom is -0.497 e. The van der Waals surface area contributed by atoms with E-state index in [0.717, 1.165) is 44.0 Å². The molecule has 21 heavy (non-hydrogen) atoms. The number of hydrogen-bond acceptors (Lipinski definition) is 4. The van der Waals surface area contributed by atoms with Crippen LogP contribution in [-0.2, 0) is 13.0 Å².